The van der Waals surface area contributed by atoms with Crippen LogP contribution in [0.2, 0.25) is 0 Å². The quantitative estimate of drug-likeness (QED) is 0.795. The molecule has 1 heterocycles. The van der Waals surface area contributed by atoms with Crippen molar-refractivity contribution in [3.63, 3.8) is 0 Å². The molecule has 24 heavy (non-hydrogen) atoms. The molecule has 0 aliphatic carbocycles. The van der Waals surface area contributed by atoms with Crippen LogP contribution >= 0.6 is 0 Å². The zero-order valence-corrected chi connectivity index (χ0v) is 13.6. The summed E-state index contributed by atoms with van der Waals surface area (Å²) in [5.41, 5.74) is 2.03. The highest BCUT2D eigenvalue weighted by molar-refractivity contribution is 5.87. The fourth-order valence-corrected chi connectivity index (χ4v) is 2.93. The first kappa shape index (κ1) is 16.1. The van der Waals surface area contributed by atoms with E-state index in [0.717, 1.165) is 11.1 Å². The van der Waals surface area contributed by atoms with Gasteiger partial charge in [0.15, 0.2) is 0 Å². The Bertz CT molecular complexity index is 703. The Morgan fingerprint density at radius 2 is 1.54 bits per heavy atom. The highest BCUT2D eigenvalue weighted by Crippen LogP contribution is 2.22. The van der Waals surface area contributed by atoms with E-state index in [9.17, 15) is 9.59 Å². The van der Waals surface area contributed by atoms with Gasteiger partial charge in [0.2, 0.25) is 0 Å². The smallest absolute Gasteiger partial charge is 0.330 e. The van der Waals surface area contributed by atoms with Crippen molar-refractivity contribution in [2.75, 3.05) is 13.7 Å². The summed E-state index contributed by atoms with van der Waals surface area (Å²) < 4.78 is 4.89. The van der Waals surface area contributed by atoms with Gasteiger partial charge in [0.1, 0.15) is 6.04 Å². The van der Waals surface area contributed by atoms with Gasteiger partial charge in [0, 0.05) is 13.1 Å². The first-order valence-electron chi connectivity index (χ1n) is 7.90. The van der Waals surface area contributed by atoms with Crippen molar-refractivity contribution in [1.29, 1.82) is 0 Å². The summed E-state index contributed by atoms with van der Waals surface area (Å²) in [5, 5.41) is 0. The molecule has 0 radical (unpaired) electrons. The van der Waals surface area contributed by atoms with Gasteiger partial charge in [0.05, 0.1) is 13.7 Å². The molecule has 2 amide bonds. The topological polar surface area (TPSA) is 49.9 Å². The third-order valence-electron chi connectivity index (χ3n) is 4.17. The molecule has 1 fully saturated rings. The molecule has 5 heteroatoms. The summed E-state index contributed by atoms with van der Waals surface area (Å²) in [6, 6.07) is 18.7. The number of amides is 2. The van der Waals surface area contributed by atoms with Gasteiger partial charge < -0.3 is 14.5 Å². The summed E-state index contributed by atoms with van der Waals surface area (Å²) in [7, 11) is 1.35. The number of rotatable bonds is 5. The van der Waals surface area contributed by atoms with Crippen LogP contribution in [0.15, 0.2) is 60.7 Å². The molecule has 5 nitrogen and oxygen atoms in total. The molecular formula is C19H20N2O3. The zero-order valence-electron chi connectivity index (χ0n) is 13.6. The van der Waals surface area contributed by atoms with Crippen molar-refractivity contribution in [2.24, 2.45) is 0 Å². The number of carbonyl (C=O) groups excluding carboxylic acids is 2. The first-order chi connectivity index (χ1) is 11.7. The van der Waals surface area contributed by atoms with E-state index in [-0.39, 0.29) is 12.0 Å². The van der Waals surface area contributed by atoms with Gasteiger partial charge in [0.25, 0.3) is 0 Å². The lowest BCUT2D eigenvalue weighted by Crippen LogP contribution is -2.39. The van der Waals surface area contributed by atoms with E-state index in [2.05, 4.69) is 0 Å². The minimum Gasteiger partial charge on any atom is -0.467 e. The number of hydrogen-bond donors (Lipinski definition) is 0. The van der Waals surface area contributed by atoms with Gasteiger partial charge >= 0.3 is 12.0 Å². The monoisotopic (exact) mass is 324 g/mol. The molecule has 0 N–H and O–H groups in total. The molecule has 0 saturated carbocycles. The van der Waals surface area contributed by atoms with Crippen molar-refractivity contribution in [1.82, 2.24) is 9.80 Å². The predicted molar refractivity (Wildman–Crippen MR) is 90.0 cm³/mol. The van der Waals surface area contributed by atoms with E-state index in [0.29, 0.717) is 19.6 Å². The number of nitrogens with zero attached hydrogens (tertiary/aromatic N) is 2. The number of methoxy groups -OCH3 is 1. The highest BCUT2D eigenvalue weighted by atomic mass is 16.5. The molecule has 1 aliphatic rings. The van der Waals surface area contributed by atoms with E-state index in [1.165, 1.54) is 7.11 Å². The van der Waals surface area contributed by atoms with Gasteiger partial charge in [-0.25, -0.2) is 9.59 Å². The largest absolute Gasteiger partial charge is 0.467 e. The number of esters is 1. The SMILES string of the molecule is COC(=O)[C@H]1CN(Cc2ccccc2)C(=O)N1Cc1ccccc1. The maximum Gasteiger partial charge on any atom is 0.330 e. The standard InChI is InChI=1S/C19H20N2O3/c1-24-18(22)17-14-20(12-15-8-4-2-5-9-15)19(23)21(17)13-16-10-6-3-7-11-16/h2-11,17H,12-14H2,1H3/t17-/m1/s1. The highest BCUT2D eigenvalue weighted by Gasteiger charge is 2.41. The molecule has 2 aromatic rings. The van der Waals surface area contributed by atoms with Crippen molar-refractivity contribution in [3.05, 3.63) is 71.8 Å². The van der Waals surface area contributed by atoms with Crippen LogP contribution in [0.3, 0.4) is 0 Å². The van der Waals surface area contributed by atoms with Crippen molar-refractivity contribution < 1.29 is 14.3 Å². The molecule has 3 rings (SSSR count). The van der Waals surface area contributed by atoms with Crippen LogP contribution in [0, 0.1) is 0 Å². The van der Waals surface area contributed by atoms with Crippen LogP contribution < -0.4 is 0 Å². The van der Waals surface area contributed by atoms with E-state index < -0.39 is 6.04 Å². The molecule has 1 aliphatic heterocycles. The van der Waals surface area contributed by atoms with Gasteiger partial charge in [-0.3, -0.25) is 0 Å². The normalized spacial score (nSPS) is 17.2. The Balaban J connectivity index is 1.79. The molecule has 0 bridgehead atoms. The third kappa shape index (κ3) is 3.40. The fourth-order valence-electron chi connectivity index (χ4n) is 2.93. The summed E-state index contributed by atoms with van der Waals surface area (Å²) in [6.07, 6.45) is 0. The lowest BCUT2D eigenvalue weighted by atomic mass is 10.2. The Kier molecular flexibility index (Phi) is 4.79. The third-order valence-corrected chi connectivity index (χ3v) is 4.17. The average Bonchev–Trinajstić information content (AvgIpc) is 2.92. The van der Waals surface area contributed by atoms with Crippen LogP contribution in [0.25, 0.3) is 0 Å². The van der Waals surface area contributed by atoms with Crippen molar-refractivity contribution >= 4 is 12.0 Å². The van der Waals surface area contributed by atoms with Gasteiger partial charge in [-0.05, 0) is 11.1 Å². The van der Waals surface area contributed by atoms with Gasteiger partial charge in [-0.2, -0.15) is 0 Å². The number of hydrogen-bond acceptors (Lipinski definition) is 3. The summed E-state index contributed by atoms with van der Waals surface area (Å²) >= 11 is 0. The maximum absolute atomic E-state index is 12.8. The molecule has 124 valence electrons. The molecule has 1 saturated heterocycles. The molecular weight excluding hydrogens is 304 g/mol. The second-order valence-electron chi connectivity index (χ2n) is 5.80. The second kappa shape index (κ2) is 7.17. The van der Waals surface area contributed by atoms with Crippen LogP contribution in [0.5, 0.6) is 0 Å². The maximum atomic E-state index is 12.8. The zero-order chi connectivity index (χ0) is 16.9. The summed E-state index contributed by atoms with van der Waals surface area (Å²) in [6.45, 7) is 1.22. The Hall–Kier alpha value is -2.82. The Morgan fingerprint density at radius 3 is 2.08 bits per heavy atom. The number of ether oxygens (including phenoxy) is 1. The van der Waals surface area contributed by atoms with Crippen LogP contribution in [0.4, 0.5) is 4.79 Å². The fraction of sp³-hybridized carbons (Fsp3) is 0.263. The van der Waals surface area contributed by atoms with E-state index in [4.69, 9.17) is 4.74 Å². The lowest BCUT2D eigenvalue weighted by Gasteiger charge is -2.21. The Labute approximate surface area is 141 Å². The summed E-state index contributed by atoms with van der Waals surface area (Å²) in [4.78, 5) is 28.2. The first-order valence-corrected chi connectivity index (χ1v) is 7.90. The lowest BCUT2D eigenvalue weighted by molar-refractivity contribution is -0.145. The molecule has 0 spiro atoms. The molecule has 0 unspecified atom stereocenters. The van der Waals surface area contributed by atoms with E-state index in [1.807, 2.05) is 60.7 Å². The minimum absolute atomic E-state index is 0.141. The van der Waals surface area contributed by atoms with Crippen molar-refractivity contribution in [2.45, 2.75) is 19.1 Å². The van der Waals surface area contributed by atoms with Gasteiger partial charge in [-0.1, -0.05) is 60.7 Å². The van der Waals surface area contributed by atoms with Crippen LogP contribution in [-0.2, 0) is 22.6 Å². The minimum atomic E-state index is -0.577. The number of benzene rings is 2. The average molecular weight is 324 g/mol. The number of urea groups is 1. The second-order valence-corrected chi connectivity index (χ2v) is 5.80. The van der Waals surface area contributed by atoms with E-state index >= 15 is 0 Å². The van der Waals surface area contributed by atoms with E-state index in [1.54, 1.807) is 9.80 Å². The van der Waals surface area contributed by atoms with Crippen LogP contribution in [-0.4, -0.2) is 41.5 Å². The van der Waals surface area contributed by atoms with Gasteiger partial charge in [-0.15, -0.1) is 0 Å². The predicted octanol–water partition coefficient (Wildman–Crippen LogP) is 2.67. The van der Waals surface area contributed by atoms with Crippen LogP contribution in [0.1, 0.15) is 11.1 Å². The summed E-state index contributed by atoms with van der Waals surface area (Å²) in [5.74, 6) is -0.380. The van der Waals surface area contributed by atoms with Crippen molar-refractivity contribution in [3.8, 4) is 0 Å². The molecule has 0 aromatic heterocycles. The molecule has 2 aromatic carbocycles. The number of carbonyl (C=O) groups is 2. The Morgan fingerprint density at radius 1 is 1.00 bits per heavy atom. The molecule has 1 atom stereocenters.